The van der Waals surface area contributed by atoms with Crippen molar-refractivity contribution in [3.05, 3.63) is 34.9 Å². The minimum absolute atomic E-state index is 0.560. The summed E-state index contributed by atoms with van der Waals surface area (Å²) in [6.45, 7) is 2.00. The first-order chi connectivity index (χ1) is 7.60. The van der Waals surface area contributed by atoms with Crippen molar-refractivity contribution in [1.82, 2.24) is 0 Å². The number of halogens is 2. The minimum Gasteiger partial charge on any atom is -0.465 e. The van der Waals surface area contributed by atoms with Crippen LogP contribution in [0.1, 0.15) is 35.7 Å². The van der Waals surface area contributed by atoms with E-state index in [9.17, 15) is 13.6 Å². The van der Waals surface area contributed by atoms with Gasteiger partial charge in [0.05, 0.1) is 7.11 Å². The summed E-state index contributed by atoms with van der Waals surface area (Å²) in [6.07, 6.45) is 2.41. The van der Waals surface area contributed by atoms with Crippen LogP contribution in [-0.2, 0) is 11.2 Å². The van der Waals surface area contributed by atoms with Gasteiger partial charge in [-0.1, -0.05) is 13.3 Å². The van der Waals surface area contributed by atoms with Gasteiger partial charge >= 0.3 is 5.97 Å². The van der Waals surface area contributed by atoms with Crippen molar-refractivity contribution in [2.45, 2.75) is 26.2 Å². The maximum atomic E-state index is 13.4. The molecule has 0 aliphatic rings. The highest BCUT2D eigenvalue weighted by molar-refractivity contribution is 5.90. The van der Waals surface area contributed by atoms with E-state index < -0.39 is 23.2 Å². The highest BCUT2D eigenvalue weighted by Gasteiger charge is 2.18. The van der Waals surface area contributed by atoms with E-state index in [1.807, 2.05) is 6.92 Å². The number of unbranched alkanes of at least 4 members (excludes halogenated alkanes) is 1. The van der Waals surface area contributed by atoms with Gasteiger partial charge in [-0.05, 0) is 30.5 Å². The smallest absolute Gasteiger partial charge is 0.343 e. The maximum absolute atomic E-state index is 13.4. The van der Waals surface area contributed by atoms with Gasteiger partial charge < -0.3 is 4.74 Å². The van der Waals surface area contributed by atoms with Crippen LogP contribution in [0.2, 0.25) is 0 Å². The maximum Gasteiger partial charge on any atom is 0.343 e. The lowest BCUT2D eigenvalue weighted by molar-refractivity contribution is 0.0590. The van der Waals surface area contributed by atoms with Crippen LogP contribution in [0.3, 0.4) is 0 Å². The standard InChI is InChI=1S/C12H14F2O2/c1-3-4-5-8-6-9(13)11(10(14)7-8)12(15)16-2/h6-7H,3-5H2,1-2H3. The van der Waals surface area contributed by atoms with Gasteiger partial charge in [-0.3, -0.25) is 0 Å². The normalized spacial score (nSPS) is 10.2. The largest absolute Gasteiger partial charge is 0.465 e. The van der Waals surface area contributed by atoms with E-state index in [4.69, 9.17) is 0 Å². The molecule has 2 nitrogen and oxygen atoms in total. The van der Waals surface area contributed by atoms with Gasteiger partial charge in [-0.2, -0.15) is 0 Å². The Morgan fingerprint density at radius 2 is 1.88 bits per heavy atom. The first-order valence-electron chi connectivity index (χ1n) is 5.16. The second kappa shape index (κ2) is 5.58. The summed E-state index contributed by atoms with van der Waals surface area (Å²) < 4.78 is 31.2. The average Bonchev–Trinajstić information content (AvgIpc) is 2.25. The summed E-state index contributed by atoms with van der Waals surface area (Å²) in [6, 6.07) is 2.37. The van der Waals surface area contributed by atoms with Crippen LogP contribution in [0.25, 0.3) is 0 Å². The summed E-state index contributed by atoms with van der Waals surface area (Å²) >= 11 is 0. The Balaban J connectivity index is 3.02. The Labute approximate surface area is 93.2 Å². The molecule has 0 atom stereocenters. The number of carbonyl (C=O) groups is 1. The lowest BCUT2D eigenvalue weighted by Crippen LogP contribution is -2.08. The molecule has 0 radical (unpaired) electrons. The summed E-state index contributed by atoms with van der Waals surface area (Å²) in [5, 5.41) is 0. The number of benzene rings is 1. The molecular weight excluding hydrogens is 214 g/mol. The van der Waals surface area contributed by atoms with Crippen molar-refractivity contribution < 1.29 is 18.3 Å². The quantitative estimate of drug-likeness (QED) is 0.740. The predicted octanol–water partition coefficient (Wildman–Crippen LogP) is 3.09. The van der Waals surface area contributed by atoms with E-state index in [1.165, 1.54) is 12.1 Å². The number of rotatable bonds is 4. The molecule has 88 valence electrons. The molecule has 1 rings (SSSR count). The topological polar surface area (TPSA) is 26.3 Å². The van der Waals surface area contributed by atoms with Crippen LogP contribution < -0.4 is 0 Å². The van der Waals surface area contributed by atoms with Crippen molar-refractivity contribution in [2.75, 3.05) is 7.11 Å². The molecular formula is C12H14F2O2. The molecule has 0 heterocycles. The molecule has 0 bridgehead atoms. The van der Waals surface area contributed by atoms with Crippen molar-refractivity contribution in [3.8, 4) is 0 Å². The second-order valence-electron chi connectivity index (χ2n) is 3.53. The van der Waals surface area contributed by atoms with Crippen LogP contribution in [-0.4, -0.2) is 13.1 Å². The third-order valence-corrected chi connectivity index (χ3v) is 2.31. The average molecular weight is 228 g/mol. The Hall–Kier alpha value is -1.45. The minimum atomic E-state index is -0.989. The van der Waals surface area contributed by atoms with Gasteiger partial charge in [-0.25, -0.2) is 13.6 Å². The van der Waals surface area contributed by atoms with Crippen LogP contribution in [0, 0.1) is 11.6 Å². The molecule has 0 aromatic heterocycles. The second-order valence-corrected chi connectivity index (χ2v) is 3.53. The Bertz CT molecular complexity index is 366. The van der Waals surface area contributed by atoms with Gasteiger partial charge in [0, 0.05) is 0 Å². The molecule has 0 saturated heterocycles. The third-order valence-electron chi connectivity index (χ3n) is 2.31. The van der Waals surface area contributed by atoms with Crippen LogP contribution in [0.4, 0.5) is 8.78 Å². The lowest BCUT2D eigenvalue weighted by Gasteiger charge is -2.06. The molecule has 0 amide bonds. The van der Waals surface area contributed by atoms with Gasteiger partial charge in [0.2, 0.25) is 0 Å². The molecule has 0 fully saturated rings. The summed E-state index contributed by atoms with van der Waals surface area (Å²) in [5.74, 6) is -2.71. The van der Waals surface area contributed by atoms with Gasteiger partial charge in [0.15, 0.2) is 0 Å². The molecule has 0 spiro atoms. The van der Waals surface area contributed by atoms with E-state index in [-0.39, 0.29) is 0 Å². The molecule has 4 heteroatoms. The Kier molecular flexibility index (Phi) is 4.40. The molecule has 0 aliphatic carbocycles. The first-order valence-corrected chi connectivity index (χ1v) is 5.16. The fourth-order valence-electron chi connectivity index (χ4n) is 1.45. The zero-order chi connectivity index (χ0) is 12.1. The number of carbonyl (C=O) groups excluding carboxylic acids is 1. The summed E-state index contributed by atoms with van der Waals surface area (Å²) in [7, 11) is 1.09. The molecule has 0 saturated carbocycles. The summed E-state index contributed by atoms with van der Waals surface area (Å²) in [4.78, 5) is 11.1. The lowest BCUT2D eigenvalue weighted by atomic mass is 10.1. The zero-order valence-corrected chi connectivity index (χ0v) is 9.35. The fourth-order valence-corrected chi connectivity index (χ4v) is 1.45. The highest BCUT2D eigenvalue weighted by Crippen LogP contribution is 2.17. The van der Waals surface area contributed by atoms with Crippen molar-refractivity contribution in [2.24, 2.45) is 0 Å². The van der Waals surface area contributed by atoms with E-state index in [2.05, 4.69) is 4.74 Å². The zero-order valence-electron chi connectivity index (χ0n) is 9.35. The Morgan fingerprint density at radius 1 is 1.31 bits per heavy atom. The predicted molar refractivity (Wildman–Crippen MR) is 56.3 cm³/mol. The van der Waals surface area contributed by atoms with E-state index in [1.54, 1.807) is 0 Å². The molecule has 16 heavy (non-hydrogen) atoms. The first kappa shape index (κ1) is 12.6. The van der Waals surface area contributed by atoms with E-state index in [0.29, 0.717) is 12.0 Å². The van der Waals surface area contributed by atoms with Gasteiger partial charge in [0.25, 0.3) is 0 Å². The monoisotopic (exact) mass is 228 g/mol. The molecule has 1 aromatic carbocycles. The Morgan fingerprint density at radius 3 is 2.31 bits per heavy atom. The van der Waals surface area contributed by atoms with Crippen molar-refractivity contribution in [1.29, 1.82) is 0 Å². The number of methoxy groups -OCH3 is 1. The molecule has 0 aliphatic heterocycles. The number of hydrogen-bond donors (Lipinski definition) is 0. The van der Waals surface area contributed by atoms with E-state index >= 15 is 0 Å². The molecule has 0 N–H and O–H groups in total. The third kappa shape index (κ3) is 2.78. The molecule has 1 aromatic rings. The highest BCUT2D eigenvalue weighted by atomic mass is 19.1. The number of hydrogen-bond acceptors (Lipinski definition) is 2. The number of esters is 1. The van der Waals surface area contributed by atoms with Crippen molar-refractivity contribution >= 4 is 5.97 Å². The SMILES string of the molecule is CCCCc1cc(F)c(C(=O)OC)c(F)c1. The van der Waals surface area contributed by atoms with E-state index in [0.717, 1.165) is 20.0 Å². The van der Waals surface area contributed by atoms with Gasteiger partial charge in [-0.15, -0.1) is 0 Å². The van der Waals surface area contributed by atoms with Gasteiger partial charge in [0.1, 0.15) is 17.2 Å². The number of ether oxygens (including phenoxy) is 1. The number of aryl methyl sites for hydroxylation is 1. The van der Waals surface area contributed by atoms with Crippen molar-refractivity contribution in [3.63, 3.8) is 0 Å². The van der Waals surface area contributed by atoms with Crippen LogP contribution >= 0.6 is 0 Å². The van der Waals surface area contributed by atoms with Crippen LogP contribution in [0.15, 0.2) is 12.1 Å². The fraction of sp³-hybridized carbons (Fsp3) is 0.417. The van der Waals surface area contributed by atoms with Crippen LogP contribution in [0.5, 0.6) is 0 Å². The summed E-state index contributed by atoms with van der Waals surface area (Å²) in [5.41, 5.74) is -0.0627. The molecule has 0 unspecified atom stereocenters.